The van der Waals surface area contributed by atoms with Gasteiger partial charge in [-0.15, -0.1) is 0 Å². The molecule has 1 fully saturated rings. The van der Waals surface area contributed by atoms with Gasteiger partial charge in [-0.3, -0.25) is 0 Å². The lowest BCUT2D eigenvalue weighted by Gasteiger charge is -2.24. The molecule has 80 valence electrons. The molecule has 0 saturated carbocycles. The lowest BCUT2D eigenvalue weighted by molar-refractivity contribution is 0.0735. The molecule has 0 aromatic carbocycles. The van der Waals surface area contributed by atoms with Crippen LogP contribution in [0.15, 0.2) is 23.6 Å². The molecule has 0 N–H and O–H groups in total. The zero-order chi connectivity index (χ0) is 10.4. The summed E-state index contributed by atoms with van der Waals surface area (Å²) in [7, 11) is -3.23. The molecule has 0 spiro atoms. The van der Waals surface area contributed by atoms with Gasteiger partial charge in [0.1, 0.15) is 0 Å². The fraction of sp³-hybridized carbons (Fsp3) is 0.556. The quantitative estimate of drug-likeness (QED) is 0.655. The number of hydrogen-bond donors (Lipinski definition) is 0. The summed E-state index contributed by atoms with van der Waals surface area (Å²) in [6.45, 7) is 3.70. The number of ether oxygens (including phenoxy) is 1. The standard InChI is InChI=1S/C9H15NO3S/c1-2-3-4-9-14(11,12)10-5-7-13-8-6-10/h2-4,9H,5-8H2,1H3/b3-2+,9-4-. The lowest BCUT2D eigenvalue weighted by atomic mass is 10.5. The summed E-state index contributed by atoms with van der Waals surface area (Å²) < 4.78 is 29.7. The van der Waals surface area contributed by atoms with E-state index < -0.39 is 10.0 Å². The molecule has 0 aromatic heterocycles. The Morgan fingerprint density at radius 3 is 2.43 bits per heavy atom. The minimum atomic E-state index is -3.23. The van der Waals surface area contributed by atoms with E-state index in [0.29, 0.717) is 26.3 Å². The molecular weight excluding hydrogens is 202 g/mol. The van der Waals surface area contributed by atoms with E-state index in [9.17, 15) is 8.42 Å². The first-order chi connectivity index (χ1) is 6.67. The van der Waals surface area contributed by atoms with Gasteiger partial charge in [0.25, 0.3) is 0 Å². The summed E-state index contributed by atoms with van der Waals surface area (Å²) in [5.74, 6) is 0. The minimum absolute atomic E-state index is 0.447. The van der Waals surface area contributed by atoms with Crippen molar-refractivity contribution < 1.29 is 13.2 Å². The van der Waals surface area contributed by atoms with Crippen molar-refractivity contribution in [3.63, 3.8) is 0 Å². The van der Waals surface area contributed by atoms with Crippen LogP contribution in [0.5, 0.6) is 0 Å². The molecule has 0 atom stereocenters. The van der Waals surface area contributed by atoms with E-state index in [-0.39, 0.29) is 0 Å². The van der Waals surface area contributed by atoms with Gasteiger partial charge in [-0.05, 0) is 13.0 Å². The fourth-order valence-electron chi connectivity index (χ4n) is 1.14. The maximum Gasteiger partial charge on any atom is 0.236 e. The van der Waals surface area contributed by atoms with E-state index in [1.807, 2.05) is 6.92 Å². The zero-order valence-electron chi connectivity index (χ0n) is 8.22. The second-order valence-corrected chi connectivity index (χ2v) is 4.73. The van der Waals surface area contributed by atoms with Gasteiger partial charge >= 0.3 is 0 Å². The van der Waals surface area contributed by atoms with Gasteiger partial charge in [-0.1, -0.05) is 12.2 Å². The van der Waals surface area contributed by atoms with Crippen LogP contribution in [0.2, 0.25) is 0 Å². The van der Waals surface area contributed by atoms with Gasteiger partial charge < -0.3 is 4.74 Å². The zero-order valence-corrected chi connectivity index (χ0v) is 9.03. The Bertz CT molecular complexity index is 313. The molecule has 4 nitrogen and oxygen atoms in total. The Labute approximate surface area is 84.9 Å². The highest BCUT2D eigenvalue weighted by atomic mass is 32.2. The molecular formula is C9H15NO3S. The summed E-state index contributed by atoms with van der Waals surface area (Å²) in [4.78, 5) is 0. The molecule has 0 bridgehead atoms. The van der Waals surface area contributed by atoms with Crippen molar-refractivity contribution in [3.8, 4) is 0 Å². The molecule has 5 heteroatoms. The first-order valence-electron chi connectivity index (χ1n) is 4.54. The molecule has 0 radical (unpaired) electrons. The van der Waals surface area contributed by atoms with Gasteiger partial charge in [-0.25, -0.2) is 8.42 Å². The smallest absolute Gasteiger partial charge is 0.236 e. The number of morpholine rings is 1. The summed E-state index contributed by atoms with van der Waals surface area (Å²) in [5.41, 5.74) is 0. The van der Waals surface area contributed by atoms with E-state index >= 15 is 0 Å². The van der Waals surface area contributed by atoms with Crippen molar-refractivity contribution in [1.82, 2.24) is 4.31 Å². The van der Waals surface area contributed by atoms with Crippen molar-refractivity contribution in [2.45, 2.75) is 6.92 Å². The molecule has 0 aromatic rings. The number of allylic oxidation sites excluding steroid dienone is 3. The SMILES string of the molecule is C/C=C/C=C\S(=O)(=O)N1CCOCC1. The van der Waals surface area contributed by atoms with E-state index in [2.05, 4.69) is 0 Å². The predicted molar refractivity (Wildman–Crippen MR) is 55.3 cm³/mol. The van der Waals surface area contributed by atoms with Crippen LogP contribution < -0.4 is 0 Å². The van der Waals surface area contributed by atoms with Crippen LogP contribution in [0, 0.1) is 0 Å². The van der Waals surface area contributed by atoms with Crippen LogP contribution in [0.1, 0.15) is 6.92 Å². The Hall–Kier alpha value is -0.650. The van der Waals surface area contributed by atoms with Gasteiger partial charge in [0.15, 0.2) is 0 Å². The third kappa shape index (κ3) is 3.25. The first kappa shape index (κ1) is 11.4. The molecule has 14 heavy (non-hydrogen) atoms. The van der Waals surface area contributed by atoms with Crippen molar-refractivity contribution in [1.29, 1.82) is 0 Å². The highest BCUT2D eigenvalue weighted by Gasteiger charge is 2.20. The molecule has 1 heterocycles. The number of sulfonamides is 1. The fourth-order valence-corrected chi connectivity index (χ4v) is 2.26. The average molecular weight is 217 g/mol. The Balaban J connectivity index is 2.63. The summed E-state index contributed by atoms with van der Waals surface area (Å²) in [5, 5.41) is 1.22. The molecule has 1 rings (SSSR count). The first-order valence-corrected chi connectivity index (χ1v) is 6.04. The van der Waals surface area contributed by atoms with Crippen LogP contribution in [0.25, 0.3) is 0 Å². The maximum absolute atomic E-state index is 11.6. The normalized spacial score (nSPS) is 20.9. The average Bonchev–Trinajstić information content (AvgIpc) is 2.19. The van der Waals surface area contributed by atoms with Crippen molar-refractivity contribution in [2.24, 2.45) is 0 Å². The molecule has 1 aliphatic rings. The van der Waals surface area contributed by atoms with E-state index in [1.54, 1.807) is 12.2 Å². The summed E-state index contributed by atoms with van der Waals surface area (Å²) in [6.07, 6.45) is 5.01. The van der Waals surface area contributed by atoms with Gasteiger partial charge in [0.05, 0.1) is 13.2 Å². The summed E-state index contributed by atoms with van der Waals surface area (Å²) >= 11 is 0. The van der Waals surface area contributed by atoms with E-state index in [0.717, 1.165) is 0 Å². The van der Waals surface area contributed by atoms with Crippen molar-refractivity contribution in [2.75, 3.05) is 26.3 Å². The van der Waals surface area contributed by atoms with E-state index in [1.165, 1.54) is 15.8 Å². The van der Waals surface area contributed by atoms with Crippen LogP contribution in [0.4, 0.5) is 0 Å². The Morgan fingerprint density at radius 2 is 1.86 bits per heavy atom. The topological polar surface area (TPSA) is 46.6 Å². The Morgan fingerprint density at radius 1 is 1.21 bits per heavy atom. The van der Waals surface area contributed by atoms with Crippen molar-refractivity contribution in [3.05, 3.63) is 23.6 Å². The third-order valence-corrected chi connectivity index (χ3v) is 3.47. The number of nitrogens with zero attached hydrogens (tertiary/aromatic N) is 1. The van der Waals surface area contributed by atoms with Gasteiger partial charge in [0, 0.05) is 18.5 Å². The summed E-state index contributed by atoms with van der Waals surface area (Å²) in [6, 6.07) is 0. The van der Waals surface area contributed by atoms with Crippen LogP contribution in [0.3, 0.4) is 0 Å². The van der Waals surface area contributed by atoms with Crippen molar-refractivity contribution >= 4 is 10.0 Å². The molecule has 0 unspecified atom stereocenters. The van der Waals surface area contributed by atoms with Crippen LogP contribution in [-0.2, 0) is 14.8 Å². The largest absolute Gasteiger partial charge is 0.379 e. The lowest BCUT2D eigenvalue weighted by Crippen LogP contribution is -2.39. The third-order valence-electron chi connectivity index (χ3n) is 1.88. The predicted octanol–water partition coefficient (Wildman–Crippen LogP) is 0.738. The second-order valence-electron chi connectivity index (χ2n) is 2.91. The highest BCUT2D eigenvalue weighted by Crippen LogP contribution is 2.06. The Kier molecular flexibility index (Phi) is 4.31. The molecule has 0 amide bonds. The number of rotatable bonds is 3. The maximum atomic E-state index is 11.6. The molecule has 0 aliphatic carbocycles. The van der Waals surface area contributed by atoms with E-state index in [4.69, 9.17) is 4.74 Å². The monoisotopic (exact) mass is 217 g/mol. The van der Waals surface area contributed by atoms with Crippen LogP contribution >= 0.6 is 0 Å². The van der Waals surface area contributed by atoms with Gasteiger partial charge in [-0.2, -0.15) is 4.31 Å². The highest BCUT2D eigenvalue weighted by molar-refractivity contribution is 7.92. The molecule has 1 aliphatic heterocycles. The number of hydrogen-bond acceptors (Lipinski definition) is 3. The minimum Gasteiger partial charge on any atom is -0.379 e. The molecule has 1 saturated heterocycles. The van der Waals surface area contributed by atoms with Gasteiger partial charge in [0.2, 0.25) is 10.0 Å². The second kappa shape index (κ2) is 5.29. The van der Waals surface area contributed by atoms with Crippen LogP contribution in [-0.4, -0.2) is 39.0 Å².